The average molecular weight is 345 g/mol. The van der Waals surface area contributed by atoms with E-state index in [9.17, 15) is 9.59 Å². The van der Waals surface area contributed by atoms with Crippen LogP contribution in [0.2, 0.25) is 0 Å². The van der Waals surface area contributed by atoms with Crippen LogP contribution in [0, 0.1) is 12.8 Å². The van der Waals surface area contributed by atoms with Crippen molar-refractivity contribution in [2.45, 2.75) is 26.9 Å². The Morgan fingerprint density at radius 2 is 2.16 bits per heavy atom. The first-order valence-corrected chi connectivity index (χ1v) is 8.06. The minimum atomic E-state index is -0.536. The maximum atomic E-state index is 12.3. The normalized spacial score (nSPS) is 17.0. The van der Waals surface area contributed by atoms with Crippen molar-refractivity contribution < 1.29 is 23.5 Å². The molecule has 1 atom stereocenters. The molecular weight excluding hydrogens is 326 g/mol. The molecule has 1 saturated heterocycles. The van der Waals surface area contributed by atoms with E-state index < -0.39 is 11.9 Å². The second-order valence-electron chi connectivity index (χ2n) is 5.63. The molecule has 0 bridgehead atoms. The largest absolute Gasteiger partial charge is 0.492 e. The predicted octanol–water partition coefficient (Wildman–Crippen LogP) is 1.87. The van der Waals surface area contributed by atoms with Crippen molar-refractivity contribution in [3.8, 4) is 5.75 Å². The van der Waals surface area contributed by atoms with Crippen molar-refractivity contribution in [3.05, 3.63) is 36.0 Å². The minimum Gasteiger partial charge on any atom is -0.492 e. The van der Waals surface area contributed by atoms with Gasteiger partial charge >= 0.3 is 5.97 Å². The molecule has 1 aromatic heterocycles. The van der Waals surface area contributed by atoms with Crippen molar-refractivity contribution >= 4 is 17.6 Å². The van der Waals surface area contributed by atoms with Crippen LogP contribution in [-0.4, -0.2) is 35.2 Å². The monoisotopic (exact) mass is 345 g/mol. The standard InChI is InChI=1S/C17H19N3O5/c1-3-23-14-7-5-4-6-13(14)20-9-12(8-16(20)21)17(22)24-10-15-19-18-11(2)25-15/h4-7,12H,3,8-10H2,1-2H3. The molecule has 2 aromatic rings. The number of hydrogen-bond donors (Lipinski definition) is 0. The third-order valence-corrected chi connectivity index (χ3v) is 3.82. The van der Waals surface area contributed by atoms with Crippen LogP contribution in [0.4, 0.5) is 5.69 Å². The van der Waals surface area contributed by atoms with Crippen LogP contribution < -0.4 is 9.64 Å². The van der Waals surface area contributed by atoms with Gasteiger partial charge in [0.15, 0.2) is 6.61 Å². The van der Waals surface area contributed by atoms with E-state index in [1.54, 1.807) is 24.0 Å². The van der Waals surface area contributed by atoms with Gasteiger partial charge in [-0.15, -0.1) is 10.2 Å². The average Bonchev–Trinajstić information content (AvgIpc) is 3.19. The number of anilines is 1. The van der Waals surface area contributed by atoms with Crippen LogP contribution in [0.15, 0.2) is 28.7 Å². The molecular formula is C17H19N3O5. The first-order valence-electron chi connectivity index (χ1n) is 8.06. The lowest BCUT2D eigenvalue weighted by Gasteiger charge is -2.19. The van der Waals surface area contributed by atoms with Crippen LogP contribution in [0.25, 0.3) is 0 Å². The molecule has 1 aromatic carbocycles. The Bertz CT molecular complexity index is 773. The van der Waals surface area contributed by atoms with Crippen LogP contribution in [0.5, 0.6) is 5.75 Å². The molecule has 25 heavy (non-hydrogen) atoms. The van der Waals surface area contributed by atoms with E-state index >= 15 is 0 Å². The van der Waals surface area contributed by atoms with Gasteiger partial charge < -0.3 is 18.8 Å². The van der Waals surface area contributed by atoms with Crippen LogP contribution in [0.3, 0.4) is 0 Å². The maximum Gasteiger partial charge on any atom is 0.311 e. The highest BCUT2D eigenvalue weighted by Gasteiger charge is 2.37. The Hall–Kier alpha value is -2.90. The van der Waals surface area contributed by atoms with Gasteiger partial charge in [0.1, 0.15) is 5.75 Å². The number of carbonyl (C=O) groups is 2. The fourth-order valence-corrected chi connectivity index (χ4v) is 2.70. The number of nitrogens with zero attached hydrogens (tertiary/aromatic N) is 3. The Morgan fingerprint density at radius 1 is 1.36 bits per heavy atom. The van der Waals surface area contributed by atoms with Gasteiger partial charge in [-0.05, 0) is 19.1 Å². The van der Waals surface area contributed by atoms with Crippen LogP contribution >= 0.6 is 0 Å². The minimum absolute atomic E-state index is 0.0973. The molecule has 8 heteroatoms. The summed E-state index contributed by atoms with van der Waals surface area (Å²) in [5.41, 5.74) is 0.664. The number of amides is 1. The van der Waals surface area contributed by atoms with Crippen molar-refractivity contribution in [3.63, 3.8) is 0 Å². The summed E-state index contributed by atoms with van der Waals surface area (Å²) < 4.78 is 15.9. The van der Waals surface area contributed by atoms with Gasteiger partial charge in [-0.3, -0.25) is 9.59 Å². The summed E-state index contributed by atoms with van der Waals surface area (Å²) in [6.07, 6.45) is 0.0994. The van der Waals surface area contributed by atoms with E-state index in [2.05, 4.69) is 10.2 Å². The quantitative estimate of drug-likeness (QED) is 0.738. The summed E-state index contributed by atoms with van der Waals surface area (Å²) >= 11 is 0. The fraction of sp³-hybridized carbons (Fsp3) is 0.412. The van der Waals surface area contributed by atoms with E-state index in [1.165, 1.54) is 0 Å². The van der Waals surface area contributed by atoms with Crippen LogP contribution in [0.1, 0.15) is 25.1 Å². The molecule has 8 nitrogen and oxygen atoms in total. The van der Waals surface area contributed by atoms with Gasteiger partial charge in [0.05, 0.1) is 18.2 Å². The van der Waals surface area contributed by atoms with E-state index in [1.807, 2.05) is 19.1 Å². The molecule has 0 aliphatic carbocycles. The van der Waals surface area contributed by atoms with E-state index in [4.69, 9.17) is 13.9 Å². The zero-order chi connectivity index (χ0) is 17.8. The number of aromatic nitrogens is 2. The zero-order valence-electron chi connectivity index (χ0n) is 14.1. The Morgan fingerprint density at radius 3 is 2.88 bits per heavy atom. The molecule has 1 aliphatic heterocycles. The molecule has 1 fully saturated rings. The number of para-hydroxylation sites is 2. The molecule has 0 radical (unpaired) electrons. The van der Waals surface area contributed by atoms with E-state index in [0.717, 1.165) is 0 Å². The number of ether oxygens (including phenoxy) is 2. The smallest absolute Gasteiger partial charge is 0.311 e. The first-order chi connectivity index (χ1) is 12.1. The summed E-state index contributed by atoms with van der Waals surface area (Å²) in [7, 11) is 0. The summed E-state index contributed by atoms with van der Waals surface area (Å²) in [6, 6.07) is 7.27. The first kappa shape index (κ1) is 16.9. The van der Waals surface area contributed by atoms with Crippen molar-refractivity contribution in [2.75, 3.05) is 18.1 Å². The molecule has 132 valence electrons. The molecule has 0 N–H and O–H groups in total. The number of carbonyl (C=O) groups excluding carboxylic acids is 2. The number of aryl methyl sites for hydroxylation is 1. The SMILES string of the molecule is CCOc1ccccc1N1CC(C(=O)OCc2nnc(C)o2)CC1=O. The van der Waals surface area contributed by atoms with Gasteiger partial charge in [-0.1, -0.05) is 12.1 Å². The Labute approximate surface area is 144 Å². The molecule has 1 aliphatic rings. The topological polar surface area (TPSA) is 94.8 Å². The lowest BCUT2D eigenvalue weighted by molar-refractivity contribution is -0.150. The van der Waals surface area contributed by atoms with Gasteiger partial charge in [0.25, 0.3) is 5.89 Å². The molecule has 0 spiro atoms. The lowest BCUT2D eigenvalue weighted by atomic mass is 10.1. The third-order valence-electron chi connectivity index (χ3n) is 3.82. The number of esters is 1. The maximum absolute atomic E-state index is 12.3. The van der Waals surface area contributed by atoms with Crippen molar-refractivity contribution in [2.24, 2.45) is 5.92 Å². The summed E-state index contributed by atoms with van der Waals surface area (Å²) in [5.74, 6) is 0.123. The van der Waals surface area contributed by atoms with Gasteiger partial charge in [-0.25, -0.2) is 0 Å². The van der Waals surface area contributed by atoms with Crippen LogP contribution in [-0.2, 0) is 20.9 Å². The number of rotatable bonds is 6. The van der Waals surface area contributed by atoms with Crippen molar-refractivity contribution in [1.82, 2.24) is 10.2 Å². The number of hydrogen-bond acceptors (Lipinski definition) is 7. The highest BCUT2D eigenvalue weighted by atomic mass is 16.5. The molecule has 3 rings (SSSR count). The third kappa shape index (κ3) is 3.78. The summed E-state index contributed by atoms with van der Waals surface area (Å²) in [5, 5.41) is 7.43. The molecule has 1 unspecified atom stereocenters. The second-order valence-corrected chi connectivity index (χ2v) is 5.63. The molecule has 0 saturated carbocycles. The zero-order valence-corrected chi connectivity index (χ0v) is 14.1. The Kier molecular flexibility index (Phi) is 4.97. The Balaban J connectivity index is 1.65. The summed E-state index contributed by atoms with van der Waals surface area (Å²) in [6.45, 7) is 4.18. The van der Waals surface area contributed by atoms with Gasteiger partial charge in [-0.2, -0.15) is 0 Å². The van der Waals surface area contributed by atoms with Crippen molar-refractivity contribution in [1.29, 1.82) is 0 Å². The molecule has 2 heterocycles. The van der Waals surface area contributed by atoms with Gasteiger partial charge in [0.2, 0.25) is 11.8 Å². The van der Waals surface area contributed by atoms with Gasteiger partial charge in [0, 0.05) is 19.9 Å². The highest BCUT2D eigenvalue weighted by Crippen LogP contribution is 2.33. The highest BCUT2D eigenvalue weighted by molar-refractivity contribution is 6.00. The predicted molar refractivity (Wildman–Crippen MR) is 86.9 cm³/mol. The van der Waals surface area contributed by atoms with E-state index in [0.29, 0.717) is 23.9 Å². The fourth-order valence-electron chi connectivity index (χ4n) is 2.70. The second kappa shape index (κ2) is 7.33. The number of benzene rings is 1. The summed E-state index contributed by atoms with van der Waals surface area (Å²) in [4.78, 5) is 26.1. The van der Waals surface area contributed by atoms with E-state index in [-0.39, 0.29) is 31.4 Å². The molecule has 1 amide bonds. The lowest BCUT2D eigenvalue weighted by Crippen LogP contribution is -2.27.